The van der Waals surface area contributed by atoms with Gasteiger partial charge in [0, 0.05) is 24.1 Å². The van der Waals surface area contributed by atoms with E-state index in [0.717, 1.165) is 28.1 Å². The third kappa shape index (κ3) is 4.48. The molecule has 0 spiro atoms. The molecule has 0 aliphatic carbocycles. The van der Waals surface area contributed by atoms with E-state index in [4.69, 9.17) is 9.47 Å². The lowest BCUT2D eigenvalue weighted by Crippen LogP contribution is -2.18. The van der Waals surface area contributed by atoms with Gasteiger partial charge in [0.2, 0.25) is 5.78 Å². The zero-order valence-corrected chi connectivity index (χ0v) is 17.3. The maximum absolute atomic E-state index is 12.6. The first-order valence-corrected chi connectivity index (χ1v) is 9.12. The number of ether oxygens (including phenoxy) is 2. The van der Waals surface area contributed by atoms with Gasteiger partial charge in [0.1, 0.15) is 0 Å². The van der Waals surface area contributed by atoms with E-state index in [-0.39, 0.29) is 18.4 Å². The first kappa shape index (κ1) is 20.9. The number of esters is 1. The molecular weight excluding hydrogens is 342 g/mol. The van der Waals surface area contributed by atoms with Gasteiger partial charge in [-0.25, -0.2) is 4.79 Å². The summed E-state index contributed by atoms with van der Waals surface area (Å²) in [7, 11) is 1.66. The molecule has 2 rings (SSSR count). The number of Topliss-reactive ketones (excluding diaryl/α,β-unsaturated/α-hetero) is 1. The molecule has 0 unspecified atom stereocenters. The summed E-state index contributed by atoms with van der Waals surface area (Å²) in [4.78, 5) is 25.1. The van der Waals surface area contributed by atoms with E-state index in [1.807, 2.05) is 59.7 Å². The van der Waals surface area contributed by atoms with Crippen LogP contribution in [0.4, 0.5) is 0 Å². The Bertz CT molecular complexity index is 840. The van der Waals surface area contributed by atoms with E-state index < -0.39 is 5.97 Å². The highest BCUT2D eigenvalue weighted by Crippen LogP contribution is 2.22. The highest BCUT2D eigenvalue weighted by atomic mass is 16.5. The Balaban J connectivity index is 2.15. The second-order valence-corrected chi connectivity index (χ2v) is 7.23. The predicted octanol–water partition coefficient (Wildman–Crippen LogP) is 4.28. The summed E-state index contributed by atoms with van der Waals surface area (Å²) < 4.78 is 12.6. The third-order valence-electron chi connectivity index (χ3n) is 4.85. The molecule has 0 radical (unpaired) electrons. The highest BCUT2D eigenvalue weighted by Gasteiger charge is 2.21. The molecule has 1 aromatic heterocycles. The summed E-state index contributed by atoms with van der Waals surface area (Å²) in [6, 6.07) is 5.85. The van der Waals surface area contributed by atoms with Crippen LogP contribution in [0, 0.1) is 34.6 Å². The van der Waals surface area contributed by atoms with E-state index >= 15 is 0 Å². The van der Waals surface area contributed by atoms with Gasteiger partial charge >= 0.3 is 5.97 Å². The fraction of sp³-hybridized carbons (Fsp3) is 0.455. The van der Waals surface area contributed by atoms with Crippen molar-refractivity contribution < 1.29 is 19.1 Å². The van der Waals surface area contributed by atoms with Crippen molar-refractivity contribution in [2.45, 2.75) is 47.6 Å². The summed E-state index contributed by atoms with van der Waals surface area (Å²) in [5, 5.41) is 0. The summed E-state index contributed by atoms with van der Waals surface area (Å²) in [6.07, 6.45) is 0. The van der Waals surface area contributed by atoms with Gasteiger partial charge in [0.05, 0.1) is 18.2 Å². The lowest BCUT2D eigenvalue weighted by atomic mass is 10.00. The molecule has 0 saturated heterocycles. The van der Waals surface area contributed by atoms with Crippen molar-refractivity contribution in [3.8, 4) is 0 Å². The van der Waals surface area contributed by atoms with Gasteiger partial charge in [0.25, 0.3) is 0 Å². The molecule has 0 bridgehead atoms. The topological polar surface area (TPSA) is 57.5 Å². The zero-order chi connectivity index (χ0) is 20.3. The van der Waals surface area contributed by atoms with E-state index in [2.05, 4.69) is 4.57 Å². The smallest absolute Gasteiger partial charge is 0.339 e. The van der Waals surface area contributed by atoms with Crippen LogP contribution in [0.1, 0.15) is 61.8 Å². The average molecular weight is 371 g/mol. The van der Waals surface area contributed by atoms with Crippen LogP contribution in [-0.4, -0.2) is 36.6 Å². The van der Waals surface area contributed by atoms with E-state index in [0.29, 0.717) is 17.7 Å². The number of hydrogen-bond donors (Lipinski definition) is 0. The summed E-state index contributed by atoms with van der Waals surface area (Å²) in [6.45, 7) is 11.9. The number of hydrogen-bond acceptors (Lipinski definition) is 4. The molecule has 0 fully saturated rings. The Kier molecular flexibility index (Phi) is 6.60. The first-order valence-electron chi connectivity index (χ1n) is 9.12. The zero-order valence-electron chi connectivity index (χ0n) is 17.3. The number of aromatic nitrogens is 1. The van der Waals surface area contributed by atoms with Gasteiger partial charge in [-0.3, -0.25) is 4.79 Å². The van der Waals surface area contributed by atoms with Gasteiger partial charge in [-0.15, -0.1) is 0 Å². The molecule has 0 amide bonds. The van der Waals surface area contributed by atoms with Crippen LogP contribution in [0.15, 0.2) is 18.2 Å². The van der Waals surface area contributed by atoms with Crippen LogP contribution in [0.25, 0.3) is 0 Å². The fourth-order valence-electron chi connectivity index (χ4n) is 3.84. The minimum Gasteiger partial charge on any atom is -0.454 e. The van der Waals surface area contributed by atoms with Gasteiger partial charge in [0.15, 0.2) is 6.61 Å². The molecule has 2 aromatic rings. The summed E-state index contributed by atoms with van der Waals surface area (Å²) >= 11 is 0. The first-order chi connectivity index (χ1) is 12.7. The number of ketones is 1. The number of methoxy groups -OCH3 is 1. The Morgan fingerprint density at radius 3 is 2.19 bits per heavy atom. The maximum Gasteiger partial charge on any atom is 0.339 e. The summed E-state index contributed by atoms with van der Waals surface area (Å²) in [5.41, 5.74) is 5.77. The minimum atomic E-state index is -0.458. The van der Waals surface area contributed by atoms with Gasteiger partial charge in [-0.05, 0) is 58.7 Å². The molecular formula is C22H29NO4. The lowest BCUT2D eigenvalue weighted by molar-refractivity contribution is 0.0473. The predicted molar refractivity (Wildman–Crippen MR) is 106 cm³/mol. The number of nitrogens with zero attached hydrogens (tertiary/aromatic N) is 1. The molecule has 27 heavy (non-hydrogen) atoms. The van der Waals surface area contributed by atoms with E-state index in [1.165, 1.54) is 0 Å². The number of aryl methyl sites for hydroxylation is 4. The Morgan fingerprint density at radius 1 is 1.04 bits per heavy atom. The number of benzene rings is 1. The minimum absolute atomic E-state index is 0.122. The SMILES string of the molecule is COC[C@H](C)n1c(C)cc(C(=O)COC(=O)c2c(C)cc(C)cc2C)c1C. The van der Waals surface area contributed by atoms with Crippen molar-refractivity contribution in [1.82, 2.24) is 4.57 Å². The van der Waals surface area contributed by atoms with Crippen molar-refractivity contribution >= 4 is 11.8 Å². The molecule has 0 aliphatic rings. The summed E-state index contributed by atoms with van der Waals surface area (Å²) in [5.74, 6) is -0.658. The molecule has 0 N–H and O–H groups in total. The fourth-order valence-corrected chi connectivity index (χ4v) is 3.84. The monoisotopic (exact) mass is 371 g/mol. The van der Waals surface area contributed by atoms with E-state index in [1.54, 1.807) is 7.11 Å². The molecule has 146 valence electrons. The quantitative estimate of drug-likeness (QED) is 0.538. The lowest BCUT2D eigenvalue weighted by Gasteiger charge is -2.17. The Hall–Kier alpha value is -2.40. The Labute approximate surface area is 161 Å². The molecule has 1 atom stereocenters. The molecule has 5 heteroatoms. The standard InChI is InChI=1S/C22H29NO4/c1-13-8-14(2)21(15(3)9-13)22(25)27-12-20(24)19-10-16(4)23(18(19)6)17(5)11-26-7/h8-10,17H,11-12H2,1-7H3/t17-/m0/s1. The van der Waals surface area contributed by atoms with Crippen LogP contribution in [-0.2, 0) is 9.47 Å². The van der Waals surface area contributed by atoms with Gasteiger partial charge in [-0.1, -0.05) is 17.7 Å². The highest BCUT2D eigenvalue weighted by molar-refractivity contribution is 6.01. The molecule has 1 aromatic carbocycles. The molecule has 5 nitrogen and oxygen atoms in total. The van der Waals surface area contributed by atoms with Gasteiger partial charge in [-0.2, -0.15) is 0 Å². The third-order valence-corrected chi connectivity index (χ3v) is 4.85. The van der Waals surface area contributed by atoms with Crippen LogP contribution in [0.2, 0.25) is 0 Å². The maximum atomic E-state index is 12.6. The van der Waals surface area contributed by atoms with Crippen molar-refractivity contribution in [2.75, 3.05) is 20.3 Å². The average Bonchev–Trinajstić information content (AvgIpc) is 2.86. The number of carbonyl (C=O) groups is 2. The van der Waals surface area contributed by atoms with Crippen molar-refractivity contribution in [2.24, 2.45) is 0 Å². The van der Waals surface area contributed by atoms with Crippen molar-refractivity contribution in [3.05, 3.63) is 57.4 Å². The molecule has 0 aliphatic heterocycles. The molecule has 0 saturated carbocycles. The number of rotatable bonds is 7. The normalized spacial score (nSPS) is 12.1. The van der Waals surface area contributed by atoms with Crippen LogP contribution >= 0.6 is 0 Å². The largest absolute Gasteiger partial charge is 0.454 e. The van der Waals surface area contributed by atoms with E-state index in [9.17, 15) is 9.59 Å². The second-order valence-electron chi connectivity index (χ2n) is 7.23. The van der Waals surface area contributed by atoms with Crippen molar-refractivity contribution in [3.63, 3.8) is 0 Å². The van der Waals surface area contributed by atoms with Crippen molar-refractivity contribution in [1.29, 1.82) is 0 Å². The number of carbonyl (C=O) groups excluding carboxylic acids is 2. The van der Waals surface area contributed by atoms with Gasteiger partial charge < -0.3 is 14.0 Å². The van der Waals surface area contributed by atoms with Crippen LogP contribution in [0.3, 0.4) is 0 Å². The second kappa shape index (κ2) is 8.53. The van der Waals surface area contributed by atoms with Crippen LogP contribution in [0.5, 0.6) is 0 Å². The van der Waals surface area contributed by atoms with Crippen LogP contribution < -0.4 is 0 Å². The Morgan fingerprint density at radius 2 is 1.63 bits per heavy atom. The molecule has 1 heterocycles.